The molecule has 0 amide bonds. The summed E-state index contributed by atoms with van der Waals surface area (Å²) in [5, 5.41) is 0.658. The minimum absolute atomic E-state index is 0.0194. The first-order valence-electron chi connectivity index (χ1n) is 6.52. The molecule has 0 saturated heterocycles. The van der Waals surface area contributed by atoms with Crippen molar-refractivity contribution in [1.82, 2.24) is 0 Å². The largest absolute Gasteiger partial charge is 0.496 e. The molecule has 0 N–H and O–H groups in total. The van der Waals surface area contributed by atoms with Crippen LogP contribution in [-0.2, 0) is 6.42 Å². The molecule has 2 aromatic rings. The van der Waals surface area contributed by atoms with Crippen LogP contribution in [-0.4, -0.2) is 13.7 Å². The van der Waals surface area contributed by atoms with Crippen LogP contribution in [0.3, 0.4) is 0 Å². The molecule has 1 atom stereocenters. The Morgan fingerprint density at radius 2 is 2.05 bits per heavy atom. The average molecular weight is 433 g/mol. The molecular weight excluding hydrogens is 419 g/mol. The maximum absolute atomic E-state index is 6.04. The van der Waals surface area contributed by atoms with E-state index in [2.05, 4.69) is 44.0 Å². The second kappa shape index (κ2) is 6.19. The molecule has 1 unspecified atom stereocenters. The summed E-state index contributed by atoms with van der Waals surface area (Å²) in [5.74, 6) is 1.73. The summed E-state index contributed by atoms with van der Waals surface area (Å²) < 4.78 is 12.3. The third kappa shape index (κ3) is 2.94. The molecule has 5 heteroatoms. The van der Waals surface area contributed by atoms with E-state index in [0.717, 1.165) is 40.1 Å². The fourth-order valence-corrected chi connectivity index (χ4v) is 3.95. The molecule has 0 bridgehead atoms. The van der Waals surface area contributed by atoms with Crippen LogP contribution in [0, 0.1) is 0 Å². The summed E-state index contributed by atoms with van der Waals surface area (Å²) in [5.41, 5.74) is 3.35. The van der Waals surface area contributed by atoms with Crippen molar-refractivity contribution in [3.8, 4) is 11.5 Å². The van der Waals surface area contributed by atoms with E-state index in [1.165, 1.54) is 5.56 Å². The average Bonchev–Trinajstić information content (AvgIpc) is 2.93. The van der Waals surface area contributed by atoms with Gasteiger partial charge in [-0.1, -0.05) is 49.5 Å². The standard InChI is InChI=1S/C16H13Br2ClO2/c1-20-14-8-11(19)2-3-12(14)15(18)13-7-10(17)6-9-4-5-21-16(9)13/h2-3,6-8,15H,4-5H2,1H3. The fraction of sp³-hybridized carbons (Fsp3) is 0.250. The molecule has 110 valence electrons. The van der Waals surface area contributed by atoms with Gasteiger partial charge in [0.25, 0.3) is 0 Å². The quantitative estimate of drug-likeness (QED) is 0.594. The van der Waals surface area contributed by atoms with Crippen molar-refractivity contribution in [2.45, 2.75) is 11.2 Å². The van der Waals surface area contributed by atoms with E-state index in [9.17, 15) is 0 Å². The molecule has 1 heterocycles. The van der Waals surface area contributed by atoms with E-state index in [4.69, 9.17) is 21.1 Å². The Kier molecular flexibility index (Phi) is 4.48. The maximum atomic E-state index is 6.04. The Balaban J connectivity index is 2.09. The van der Waals surface area contributed by atoms with E-state index < -0.39 is 0 Å². The number of hydrogen-bond donors (Lipinski definition) is 0. The molecule has 2 nitrogen and oxygen atoms in total. The van der Waals surface area contributed by atoms with Gasteiger partial charge in [0.2, 0.25) is 0 Å². The number of halogens is 3. The zero-order valence-corrected chi connectivity index (χ0v) is 15.3. The van der Waals surface area contributed by atoms with Crippen LogP contribution < -0.4 is 9.47 Å². The van der Waals surface area contributed by atoms with Gasteiger partial charge in [0.1, 0.15) is 11.5 Å². The highest BCUT2D eigenvalue weighted by Gasteiger charge is 2.24. The monoisotopic (exact) mass is 430 g/mol. The zero-order chi connectivity index (χ0) is 15.0. The van der Waals surface area contributed by atoms with Gasteiger partial charge in [0, 0.05) is 27.0 Å². The second-order valence-corrected chi connectivity index (χ2v) is 7.10. The third-order valence-corrected chi connectivity index (χ3v) is 5.20. The molecule has 0 saturated carbocycles. The molecule has 1 aliphatic rings. The normalized spacial score (nSPS) is 14.5. The van der Waals surface area contributed by atoms with Crippen molar-refractivity contribution in [3.05, 3.63) is 56.5 Å². The van der Waals surface area contributed by atoms with E-state index >= 15 is 0 Å². The summed E-state index contributed by atoms with van der Waals surface area (Å²) in [6.07, 6.45) is 0.944. The molecule has 21 heavy (non-hydrogen) atoms. The van der Waals surface area contributed by atoms with E-state index in [1.807, 2.05) is 18.2 Å². The van der Waals surface area contributed by atoms with Crippen molar-refractivity contribution in [2.24, 2.45) is 0 Å². The third-order valence-electron chi connectivity index (χ3n) is 3.52. The van der Waals surface area contributed by atoms with Crippen LogP contribution in [0.2, 0.25) is 5.02 Å². The number of fused-ring (bicyclic) bond motifs is 1. The number of hydrogen-bond acceptors (Lipinski definition) is 2. The molecule has 0 fully saturated rings. The first-order valence-corrected chi connectivity index (χ1v) is 8.61. The van der Waals surface area contributed by atoms with Crippen molar-refractivity contribution in [1.29, 1.82) is 0 Å². The molecule has 0 radical (unpaired) electrons. The first-order chi connectivity index (χ1) is 10.1. The van der Waals surface area contributed by atoms with Crippen LogP contribution in [0.1, 0.15) is 21.5 Å². The summed E-state index contributed by atoms with van der Waals surface area (Å²) in [7, 11) is 1.65. The smallest absolute Gasteiger partial charge is 0.127 e. The molecule has 0 aromatic heterocycles. The lowest BCUT2D eigenvalue weighted by molar-refractivity contribution is 0.353. The van der Waals surface area contributed by atoms with Gasteiger partial charge in [-0.3, -0.25) is 0 Å². The maximum Gasteiger partial charge on any atom is 0.127 e. The van der Waals surface area contributed by atoms with Crippen LogP contribution in [0.25, 0.3) is 0 Å². The van der Waals surface area contributed by atoms with Gasteiger partial charge in [0.05, 0.1) is 18.5 Å². The molecule has 2 aromatic carbocycles. The topological polar surface area (TPSA) is 18.5 Å². The van der Waals surface area contributed by atoms with Gasteiger partial charge in [-0.25, -0.2) is 0 Å². The predicted octanol–water partition coefficient (Wildman–Crippen LogP) is 5.53. The second-order valence-electron chi connectivity index (χ2n) is 4.83. The van der Waals surface area contributed by atoms with Crippen LogP contribution in [0.5, 0.6) is 11.5 Å². The zero-order valence-electron chi connectivity index (χ0n) is 11.3. The van der Waals surface area contributed by atoms with Crippen molar-refractivity contribution < 1.29 is 9.47 Å². The number of methoxy groups -OCH3 is 1. The van der Waals surface area contributed by atoms with Gasteiger partial charge in [0.15, 0.2) is 0 Å². The van der Waals surface area contributed by atoms with Crippen molar-refractivity contribution in [2.75, 3.05) is 13.7 Å². The Morgan fingerprint density at radius 1 is 1.24 bits per heavy atom. The fourth-order valence-electron chi connectivity index (χ4n) is 2.55. The summed E-state index contributed by atoms with van der Waals surface area (Å²) in [6, 6.07) is 9.86. The highest BCUT2D eigenvalue weighted by atomic mass is 79.9. The Hall–Kier alpha value is -0.710. The Labute approximate surface area is 145 Å². The summed E-state index contributed by atoms with van der Waals surface area (Å²) >= 11 is 13.4. The van der Waals surface area contributed by atoms with Crippen LogP contribution in [0.4, 0.5) is 0 Å². The first kappa shape index (κ1) is 15.2. The predicted molar refractivity (Wildman–Crippen MR) is 92.1 cm³/mol. The molecule has 0 spiro atoms. The van der Waals surface area contributed by atoms with E-state index in [-0.39, 0.29) is 4.83 Å². The number of alkyl halides is 1. The molecule has 1 aliphatic heterocycles. The lowest BCUT2D eigenvalue weighted by atomic mass is 10.0. The van der Waals surface area contributed by atoms with Gasteiger partial charge < -0.3 is 9.47 Å². The minimum atomic E-state index is -0.0194. The summed E-state index contributed by atoms with van der Waals surface area (Å²) in [4.78, 5) is -0.0194. The Morgan fingerprint density at radius 3 is 2.81 bits per heavy atom. The lowest BCUT2D eigenvalue weighted by Crippen LogP contribution is -2.00. The highest BCUT2D eigenvalue weighted by Crippen LogP contribution is 2.45. The van der Waals surface area contributed by atoms with Crippen molar-refractivity contribution >= 4 is 43.5 Å². The number of benzene rings is 2. The Bertz CT molecular complexity index is 688. The lowest BCUT2D eigenvalue weighted by Gasteiger charge is -2.18. The van der Waals surface area contributed by atoms with Crippen LogP contribution in [0.15, 0.2) is 34.8 Å². The SMILES string of the molecule is COc1cc(Cl)ccc1C(Br)c1cc(Br)cc2c1OCC2. The number of ether oxygens (including phenoxy) is 2. The minimum Gasteiger partial charge on any atom is -0.496 e. The van der Waals surface area contributed by atoms with Gasteiger partial charge in [-0.2, -0.15) is 0 Å². The number of rotatable bonds is 3. The summed E-state index contributed by atoms with van der Waals surface area (Å²) in [6.45, 7) is 0.732. The molecular formula is C16H13Br2ClO2. The van der Waals surface area contributed by atoms with Gasteiger partial charge in [-0.05, 0) is 29.8 Å². The van der Waals surface area contributed by atoms with E-state index in [1.54, 1.807) is 7.11 Å². The molecule has 3 rings (SSSR count). The van der Waals surface area contributed by atoms with Crippen LogP contribution >= 0.6 is 43.5 Å². The van der Waals surface area contributed by atoms with Crippen molar-refractivity contribution in [3.63, 3.8) is 0 Å². The van der Waals surface area contributed by atoms with E-state index in [0.29, 0.717) is 5.02 Å². The van der Waals surface area contributed by atoms with Gasteiger partial charge in [-0.15, -0.1) is 0 Å². The highest BCUT2D eigenvalue weighted by molar-refractivity contribution is 9.10. The van der Waals surface area contributed by atoms with Gasteiger partial charge >= 0.3 is 0 Å². The molecule has 0 aliphatic carbocycles.